The van der Waals surface area contributed by atoms with Crippen LogP contribution in [0.4, 0.5) is 9.59 Å². The van der Waals surface area contributed by atoms with Gasteiger partial charge in [-0.2, -0.15) is 0 Å². The second kappa shape index (κ2) is 14.1. The Bertz CT molecular complexity index is 2510. The number of fused-ring (bicyclic) bond motifs is 4. The average Bonchev–Trinajstić information content (AvgIpc) is 3.76. The van der Waals surface area contributed by atoms with Crippen molar-refractivity contribution < 1.29 is 27.9 Å². The van der Waals surface area contributed by atoms with E-state index in [1.807, 2.05) is 48.5 Å². The second-order valence-corrected chi connectivity index (χ2v) is 13.9. The van der Waals surface area contributed by atoms with Crippen molar-refractivity contribution >= 4 is 77.2 Å². The van der Waals surface area contributed by atoms with Crippen molar-refractivity contribution in [3.05, 3.63) is 118 Å². The summed E-state index contributed by atoms with van der Waals surface area (Å²) in [4.78, 5) is 59.8. The Labute approximate surface area is 302 Å². The van der Waals surface area contributed by atoms with Crippen LogP contribution in [0.1, 0.15) is 0 Å². The van der Waals surface area contributed by atoms with E-state index in [0.29, 0.717) is 43.8 Å². The molecule has 0 aliphatic rings. The van der Waals surface area contributed by atoms with E-state index in [4.69, 9.17) is 18.3 Å². The summed E-state index contributed by atoms with van der Waals surface area (Å²) in [7, 11) is 6.36. The van der Waals surface area contributed by atoms with Crippen LogP contribution in [0.25, 0.3) is 63.5 Å². The van der Waals surface area contributed by atoms with Crippen molar-refractivity contribution in [3.63, 3.8) is 0 Å². The van der Waals surface area contributed by atoms with Gasteiger partial charge in [0.25, 0.3) is 0 Å². The summed E-state index contributed by atoms with van der Waals surface area (Å²) >= 11 is 2.88. The standard InChI is InChI=1S/2C19H14N2O4S/c2*1-21(2)19(23)24-12-8-7-11-9-13(18(22)25-15(11)10-12)17-20-14-5-3-4-6-16(14)26-17/h2*3-10H,1-2H3. The molecule has 0 spiro atoms. The van der Waals surface area contributed by atoms with Crippen LogP contribution in [0.3, 0.4) is 0 Å². The van der Waals surface area contributed by atoms with Gasteiger partial charge in [0.1, 0.15) is 32.7 Å². The molecule has 0 saturated heterocycles. The largest absolute Gasteiger partial charge is 0.422 e. The highest BCUT2D eigenvalue weighted by Crippen LogP contribution is 2.32. The van der Waals surface area contributed by atoms with Crippen molar-refractivity contribution in [2.45, 2.75) is 0 Å². The summed E-state index contributed by atoms with van der Waals surface area (Å²) in [6, 6.07) is 28.8. The molecule has 2 amide bonds. The van der Waals surface area contributed by atoms with E-state index in [-0.39, 0.29) is 0 Å². The molecule has 52 heavy (non-hydrogen) atoms. The Kier molecular flexibility index (Phi) is 9.24. The molecule has 4 heterocycles. The molecule has 0 N–H and O–H groups in total. The van der Waals surface area contributed by atoms with Gasteiger partial charge in [-0.25, -0.2) is 29.1 Å². The smallest absolute Gasteiger partial charge is 0.414 e. The van der Waals surface area contributed by atoms with Crippen LogP contribution in [0.5, 0.6) is 11.5 Å². The SMILES string of the molecule is CN(C)C(=O)Oc1ccc2cc(-c3nc4ccccc4s3)c(=O)oc2c1.CN(C)C(=O)Oc1ccc2cc(-c3nc4ccccc4s3)c(=O)oc2c1. The number of para-hydroxylation sites is 2. The quantitative estimate of drug-likeness (QED) is 0.162. The lowest BCUT2D eigenvalue weighted by Gasteiger charge is -2.10. The van der Waals surface area contributed by atoms with Gasteiger partial charge in [-0.15, -0.1) is 22.7 Å². The first-order valence-electron chi connectivity index (χ1n) is 15.7. The number of thiazole rings is 2. The van der Waals surface area contributed by atoms with Crippen molar-refractivity contribution in [1.82, 2.24) is 19.8 Å². The molecular weight excluding hydrogens is 705 g/mol. The van der Waals surface area contributed by atoms with Gasteiger partial charge in [-0.3, -0.25) is 0 Å². The molecule has 0 aliphatic carbocycles. The van der Waals surface area contributed by atoms with Gasteiger partial charge in [0, 0.05) is 51.1 Å². The lowest BCUT2D eigenvalue weighted by Crippen LogP contribution is -2.25. The van der Waals surface area contributed by atoms with Gasteiger partial charge in [-0.05, 0) is 60.7 Å². The summed E-state index contributed by atoms with van der Waals surface area (Å²) in [6.07, 6.45) is -1.00. The molecule has 0 saturated carbocycles. The number of carbonyl (C=O) groups is 2. The van der Waals surface area contributed by atoms with E-state index in [1.54, 1.807) is 64.6 Å². The topological polar surface area (TPSA) is 145 Å². The Morgan fingerprint density at radius 2 is 0.981 bits per heavy atom. The van der Waals surface area contributed by atoms with Crippen LogP contribution in [0, 0.1) is 0 Å². The lowest BCUT2D eigenvalue weighted by atomic mass is 10.2. The highest BCUT2D eigenvalue weighted by molar-refractivity contribution is 7.22. The van der Waals surface area contributed by atoms with Crippen LogP contribution < -0.4 is 20.7 Å². The van der Waals surface area contributed by atoms with Crippen molar-refractivity contribution in [2.75, 3.05) is 28.2 Å². The minimum Gasteiger partial charge on any atom is -0.422 e. The zero-order valence-electron chi connectivity index (χ0n) is 28.1. The lowest BCUT2D eigenvalue weighted by molar-refractivity contribution is 0.171. The van der Waals surface area contributed by atoms with Crippen LogP contribution in [0.15, 0.2) is 115 Å². The first kappa shape index (κ1) is 34.1. The minimum absolute atomic E-state index is 0.312. The van der Waals surface area contributed by atoms with Gasteiger partial charge >= 0.3 is 23.4 Å². The Hall–Kier alpha value is -6.38. The summed E-state index contributed by atoms with van der Waals surface area (Å²) in [6.45, 7) is 0. The third kappa shape index (κ3) is 7.10. The molecule has 260 valence electrons. The maximum absolute atomic E-state index is 12.4. The summed E-state index contributed by atoms with van der Waals surface area (Å²) < 4.78 is 23.3. The molecule has 0 fully saturated rings. The van der Waals surface area contributed by atoms with E-state index in [2.05, 4.69) is 9.97 Å². The van der Waals surface area contributed by atoms with Crippen molar-refractivity contribution in [3.8, 4) is 32.6 Å². The number of carbonyl (C=O) groups excluding carboxylic acids is 2. The molecule has 0 atom stereocenters. The Balaban J connectivity index is 0.000000162. The minimum atomic E-state index is -0.502. The molecule has 12 nitrogen and oxygen atoms in total. The molecule has 4 aromatic heterocycles. The average molecular weight is 733 g/mol. The molecular formula is C38H28N4O8S2. The highest BCUT2D eigenvalue weighted by Gasteiger charge is 2.16. The number of aromatic nitrogens is 2. The van der Waals surface area contributed by atoms with Gasteiger partial charge in [0.2, 0.25) is 0 Å². The van der Waals surface area contributed by atoms with E-state index in [9.17, 15) is 19.2 Å². The third-order valence-corrected chi connectivity index (χ3v) is 9.74. The van der Waals surface area contributed by atoms with Gasteiger partial charge in [0.05, 0.1) is 31.6 Å². The molecule has 4 aromatic carbocycles. The second-order valence-electron chi connectivity index (χ2n) is 11.8. The zero-order valence-corrected chi connectivity index (χ0v) is 29.7. The fraction of sp³-hybridized carbons (Fsp3) is 0.105. The summed E-state index contributed by atoms with van der Waals surface area (Å²) in [5, 5.41) is 2.68. The van der Waals surface area contributed by atoms with Crippen LogP contribution in [-0.4, -0.2) is 60.1 Å². The number of benzene rings is 4. The molecule has 0 unspecified atom stereocenters. The number of rotatable bonds is 4. The van der Waals surface area contributed by atoms with E-state index < -0.39 is 23.4 Å². The number of hydrogen-bond donors (Lipinski definition) is 0. The maximum Gasteiger partial charge on any atom is 0.414 e. The van der Waals surface area contributed by atoms with E-state index in [0.717, 1.165) is 31.2 Å². The molecule has 0 aliphatic heterocycles. The van der Waals surface area contributed by atoms with Gasteiger partial charge in [-0.1, -0.05) is 24.3 Å². The van der Waals surface area contributed by atoms with E-state index in [1.165, 1.54) is 44.6 Å². The zero-order chi connectivity index (χ0) is 36.5. The first-order valence-corrected chi connectivity index (χ1v) is 17.3. The predicted molar refractivity (Wildman–Crippen MR) is 202 cm³/mol. The van der Waals surface area contributed by atoms with E-state index >= 15 is 0 Å². The predicted octanol–water partition coefficient (Wildman–Crippen LogP) is 8.26. The normalized spacial score (nSPS) is 11.0. The summed E-state index contributed by atoms with van der Waals surface area (Å²) in [5.74, 6) is 0.624. The highest BCUT2D eigenvalue weighted by atomic mass is 32.1. The van der Waals surface area contributed by atoms with Crippen molar-refractivity contribution in [1.29, 1.82) is 0 Å². The van der Waals surface area contributed by atoms with Gasteiger partial charge in [0.15, 0.2) is 0 Å². The molecule has 0 bridgehead atoms. The molecule has 8 aromatic rings. The maximum atomic E-state index is 12.4. The summed E-state index contributed by atoms with van der Waals surface area (Å²) in [5.41, 5.74) is 2.26. The number of nitrogens with zero attached hydrogens (tertiary/aromatic N) is 4. The van der Waals surface area contributed by atoms with Gasteiger partial charge < -0.3 is 28.1 Å². The molecule has 0 radical (unpaired) electrons. The fourth-order valence-electron chi connectivity index (χ4n) is 4.97. The van der Waals surface area contributed by atoms with Crippen LogP contribution >= 0.6 is 22.7 Å². The van der Waals surface area contributed by atoms with Crippen molar-refractivity contribution in [2.24, 2.45) is 0 Å². The number of ether oxygens (including phenoxy) is 2. The Morgan fingerprint density at radius 3 is 1.37 bits per heavy atom. The fourth-order valence-corrected chi connectivity index (χ4v) is 6.91. The first-order chi connectivity index (χ1) is 25.0. The third-order valence-electron chi connectivity index (χ3n) is 7.60. The Morgan fingerprint density at radius 1 is 0.577 bits per heavy atom. The van der Waals surface area contributed by atoms with Crippen LogP contribution in [-0.2, 0) is 0 Å². The number of hydrogen-bond acceptors (Lipinski definition) is 12. The monoisotopic (exact) mass is 732 g/mol. The molecule has 8 rings (SSSR count). The number of amides is 2. The van der Waals surface area contributed by atoms with Crippen LogP contribution in [0.2, 0.25) is 0 Å². The molecule has 14 heteroatoms.